The van der Waals surface area contributed by atoms with Crippen LogP contribution >= 0.6 is 0 Å². The maximum absolute atomic E-state index is 10.8. The van der Waals surface area contributed by atoms with E-state index < -0.39 is 0 Å². The van der Waals surface area contributed by atoms with Crippen molar-refractivity contribution in [3.63, 3.8) is 0 Å². The lowest BCUT2D eigenvalue weighted by molar-refractivity contribution is -0.156. The lowest BCUT2D eigenvalue weighted by atomic mass is 9.77. The van der Waals surface area contributed by atoms with E-state index in [0.717, 1.165) is 12.9 Å². The molecule has 0 aliphatic heterocycles. The Morgan fingerprint density at radius 2 is 1.67 bits per heavy atom. The first-order chi connectivity index (χ1) is 12.7. The van der Waals surface area contributed by atoms with Crippen molar-refractivity contribution >= 4 is 6.29 Å². The Kier molecular flexibility index (Phi) is 13.3. The molecule has 0 saturated carbocycles. The minimum absolute atomic E-state index is 0.0408. The molecule has 3 nitrogen and oxygen atoms in total. The molecule has 3 atom stereocenters. The maximum Gasteiger partial charge on any atom is 0.159 e. The highest BCUT2D eigenvalue weighted by Gasteiger charge is 2.26. The van der Waals surface area contributed by atoms with Crippen molar-refractivity contribution in [1.82, 2.24) is 0 Å². The number of benzene rings is 1. The van der Waals surface area contributed by atoms with Gasteiger partial charge in [0.25, 0.3) is 0 Å². The average Bonchev–Trinajstić information content (AvgIpc) is 2.67. The SMILES string of the molecule is CC(c1ccccc1)C(C)(C)C=O.CCCC(CC)COC(OC)C(C)C. The molecule has 1 rings (SSSR count). The lowest BCUT2D eigenvalue weighted by Crippen LogP contribution is -2.24. The van der Waals surface area contributed by atoms with Crippen LogP contribution in [0.5, 0.6) is 0 Å². The van der Waals surface area contributed by atoms with E-state index in [4.69, 9.17) is 9.47 Å². The summed E-state index contributed by atoms with van der Waals surface area (Å²) in [7, 11) is 1.71. The number of carbonyl (C=O) groups excluding carboxylic acids is 1. The molecule has 0 amide bonds. The van der Waals surface area contributed by atoms with Crippen LogP contribution in [0.1, 0.15) is 79.2 Å². The van der Waals surface area contributed by atoms with Gasteiger partial charge in [-0.1, -0.05) is 91.6 Å². The van der Waals surface area contributed by atoms with Crippen LogP contribution < -0.4 is 0 Å². The topological polar surface area (TPSA) is 35.5 Å². The van der Waals surface area contributed by atoms with Crippen molar-refractivity contribution in [2.75, 3.05) is 13.7 Å². The quantitative estimate of drug-likeness (QED) is 0.327. The number of carbonyl (C=O) groups is 1. The van der Waals surface area contributed by atoms with Crippen molar-refractivity contribution in [2.45, 2.75) is 79.9 Å². The van der Waals surface area contributed by atoms with E-state index in [2.05, 4.69) is 46.8 Å². The molecule has 0 spiro atoms. The number of aldehydes is 1. The molecular formula is C24H42O3. The summed E-state index contributed by atoms with van der Waals surface area (Å²) in [6, 6.07) is 10.1. The van der Waals surface area contributed by atoms with Crippen molar-refractivity contribution in [1.29, 1.82) is 0 Å². The van der Waals surface area contributed by atoms with Crippen LogP contribution in [0.4, 0.5) is 0 Å². The second-order valence-corrected chi connectivity index (χ2v) is 8.32. The third kappa shape index (κ3) is 10.1. The molecule has 0 aliphatic rings. The van der Waals surface area contributed by atoms with E-state index in [9.17, 15) is 4.79 Å². The van der Waals surface area contributed by atoms with E-state index in [-0.39, 0.29) is 17.6 Å². The highest BCUT2D eigenvalue weighted by molar-refractivity contribution is 5.60. The Morgan fingerprint density at radius 3 is 2.07 bits per heavy atom. The molecule has 27 heavy (non-hydrogen) atoms. The van der Waals surface area contributed by atoms with Crippen LogP contribution in [0.2, 0.25) is 0 Å². The fraction of sp³-hybridized carbons (Fsp3) is 0.708. The minimum Gasteiger partial charge on any atom is -0.356 e. The van der Waals surface area contributed by atoms with Gasteiger partial charge in [-0.05, 0) is 23.8 Å². The lowest BCUT2D eigenvalue weighted by Gasteiger charge is -2.25. The first kappa shape index (κ1) is 25.8. The molecule has 3 heteroatoms. The van der Waals surface area contributed by atoms with Gasteiger partial charge in [0.2, 0.25) is 0 Å². The Bertz CT molecular complexity index is 482. The van der Waals surface area contributed by atoms with Gasteiger partial charge in [0.15, 0.2) is 6.29 Å². The Balaban J connectivity index is 0.000000501. The number of rotatable bonds is 11. The van der Waals surface area contributed by atoms with Crippen molar-refractivity contribution in [3.05, 3.63) is 35.9 Å². The van der Waals surface area contributed by atoms with Gasteiger partial charge >= 0.3 is 0 Å². The molecule has 0 bridgehead atoms. The molecule has 0 aliphatic carbocycles. The second kappa shape index (κ2) is 13.9. The molecule has 0 saturated heterocycles. The standard InChI is InChI=1S/C12H26O2.C12H16O/c1-6-8-11(7-2)9-14-12(13-5)10(3)4;1-10(12(2,3)9-13)11-7-5-4-6-8-11/h10-12H,6-9H2,1-5H3;4-10H,1-3H3. The van der Waals surface area contributed by atoms with Gasteiger partial charge in [-0.15, -0.1) is 0 Å². The molecule has 1 aromatic rings. The zero-order valence-electron chi connectivity index (χ0n) is 18.8. The van der Waals surface area contributed by atoms with Gasteiger partial charge in [-0.3, -0.25) is 0 Å². The van der Waals surface area contributed by atoms with E-state index >= 15 is 0 Å². The Morgan fingerprint density at radius 1 is 1.07 bits per heavy atom. The predicted octanol–water partition coefficient (Wildman–Crippen LogP) is 6.47. The first-order valence-corrected chi connectivity index (χ1v) is 10.4. The third-order valence-electron chi connectivity index (χ3n) is 5.27. The van der Waals surface area contributed by atoms with Crippen molar-refractivity contribution in [3.8, 4) is 0 Å². The molecule has 0 heterocycles. The zero-order chi connectivity index (χ0) is 20.9. The Hall–Kier alpha value is -1.19. The number of hydrogen-bond donors (Lipinski definition) is 0. The monoisotopic (exact) mass is 378 g/mol. The largest absolute Gasteiger partial charge is 0.356 e. The van der Waals surface area contributed by atoms with Crippen LogP contribution in [-0.4, -0.2) is 26.3 Å². The van der Waals surface area contributed by atoms with E-state index in [1.54, 1.807) is 7.11 Å². The summed E-state index contributed by atoms with van der Waals surface area (Å²) in [5.41, 5.74) is 0.945. The second-order valence-electron chi connectivity index (χ2n) is 8.32. The number of methoxy groups -OCH3 is 1. The molecular weight excluding hydrogens is 336 g/mol. The van der Waals surface area contributed by atoms with Gasteiger partial charge in [0.1, 0.15) is 6.29 Å². The smallest absolute Gasteiger partial charge is 0.159 e. The highest BCUT2D eigenvalue weighted by Crippen LogP contribution is 2.32. The van der Waals surface area contributed by atoms with Crippen LogP contribution in [-0.2, 0) is 14.3 Å². The molecule has 0 N–H and O–H groups in total. The summed E-state index contributed by atoms with van der Waals surface area (Å²) in [6.07, 6.45) is 4.68. The summed E-state index contributed by atoms with van der Waals surface area (Å²) >= 11 is 0. The molecule has 1 aromatic carbocycles. The van der Waals surface area contributed by atoms with Crippen LogP contribution in [0.25, 0.3) is 0 Å². The molecule has 3 unspecified atom stereocenters. The summed E-state index contributed by atoms with van der Waals surface area (Å²) < 4.78 is 11.0. The van der Waals surface area contributed by atoms with Crippen molar-refractivity contribution in [2.24, 2.45) is 17.3 Å². The fourth-order valence-electron chi connectivity index (χ4n) is 2.85. The Labute approximate surface area is 167 Å². The van der Waals surface area contributed by atoms with Gasteiger partial charge < -0.3 is 14.3 Å². The van der Waals surface area contributed by atoms with Crippen LogP contribution in [0.15, 0.2) is 30.3 Å². The van der Waals surface area contributed by atoms with E-state index in [0.29, 0.717) is 11.8 Å². The maximum atomic E-state index is 10.8. The summed E-state index contributed by atoms with van der Waals surface area (Å²) in [4.78, 5) is 10.8. The van der Waals surface area contributed by atoms with Gasteiger partial charge in [-0.25, -0.2) is 0 Å². The normalized spacial score (nSPS) is 14.9. The zero-order valence-corrected chi connectivity index (χ0v) is 18.8. The number of ether oxygens (including phenoxy) is 2. The van der Waals surface area contributed by atoms with Gasteiger partial charge in [0.05, 0.1) is 6.61 Å². The van der Waals surface area contributed by atoms with Gasteiger partial charge in [0, 0.05) is 18.4 Å². The molecule has 156 valence electrons. The molecule has 0 fully saturated rings. The summed E-state index contributed by atoms with van der Waals surface area (Å²) in [5, 5.41) is 0. The third-order valence-corrected chi connectivity index (χ3v) is 5.27. The van der Waals surface area contributed by atoms with E-state index in [1.807, 2.05) is 32.0 Å². The molecule has 0 radical (unpaired) electrons. The predicted molar refractivity (Wildman–Crippen MR) is 115 cm³/mol. The summed E-state index contributed by atoms with van der Waals surface area (Å²) in [5.74, 6) is 1.39. The fourth-order valence-corrected chi connectivity index (χ4v) is 2.85. The number of hydrogen-bond acceptors (Lipinski definition) is 3. The van der Waals surface area contributed by atoms with Crippen LogP contribution in [0.3, 0.4) is 0 Å². The average molecular weight is 379 g/mol. The van der Waals surface area contributed by atoms with E-state index in [1.165, 1.54) is 24.8 Å². The van der Waals surface area contributed by atoms with Gasteiger partial charge in [-0.2, -0.15) is 0 Å². The minimum atomic E-state index is -0.276. The van der Waals surface area contributed by atoms with Crippen molar-refractivity contribution < 1.29 is 14.3 Å². The summed E-state index contributed by atoms with van der Waals surface area (Å²) in [6.45, 7) is 15.5. The van der Waals surface area contributed by atoms with Crippen LogP contribution in [0, 0.1) is 17.3 Å². The molecule has 0 aromatic heterocycles. The first-order valence-electron chi connectivity index (χ1n) is 10.4. The highest BCUT2D eigenvalue weighted by atomic mass is 16.7.